The maximum Gasteiger partial charge on any atom is 0.253 e. The van der Waals surface area contributed by atoms with Gasteiger partial charge in [0.05, 0.1) is 28.3 Å². The molecule has 3 nitrogen and oxygen atoms in total. The smallest absolute Gasteiger partial charge is 0.253 e. The predicted molar refractivity (Wildman–Crippen MR) is 76.7 cm³/mol. The van der Waals surface area contributed by atoms with Crippen molar-refractivity contribution in [3.05, 3.63) is 44.9 Å². The Balaban J connectivity index is 2.08. The Bertz CT molecular complexity index is 583. The summed E-state index contributed by atoms with van der Waals surface area (Å²) in [5.74, 6) is -0.205. The normalized spacial score (nSPS) is 10.4. The Morgan fingerprint density at radius 2 is 2.33 bits per heavy atom. The number of benzene rings is 1. The number of carbonyl (C=O) groups is 1. The van der Waals surface area contributed by atoms with Crippen molar-refractivity contribution in [1.29, 1.82) is 0 Å². The van der Waals surface area contributed by atoms with Gasteiger partial charge in [-0.25, -0.2) is 4.98 Å². The first kappa shape index (κ1) is 13.4. The summed E-state index contributed by atoms with van der Waals surface area (Å²) in [6.45, 7) is 2.38. The highest BCUT2D eigenvalue weighted by Crippen LogP contribution is 2.20. The molecule has 2 rings (SSSR count). The second-order valence-electron chi connectivity index (χ2n) is 3.71. The quantitative estimate of drug-likeness (QED) is 0.854. The molecule has 0 aliphatic heterocycles. The Morgan fingerprint density at radius 3 is 3.00 bits per heavy atom. The average molecular weight is 299 g/mol. The summed E-state index contributed by atoms with van der Waals surface area (Å²) in [4.78, 5) is 17.9. The summed E-state index contributed by atoms with van der Waals surface area (Å²) in [6, 6.07) is 5.06. The number of nitrogens with zero attached hydrogens (tertiary/aromatic N) is 1. The molecule has 0 saturated heterocycles. The van der Waals surface area contributed by atoms with Gasteiger partial charge in [0.15, 0.2) is 0 Å². The largest absolute Gasteiger partial charge is 0.347 e. The molecule has 0 fully saturated rings. The molecule has 1 aromatic heterocycles. The van der Waals surface area contributed by atoms with Crippen molar-refractivity contribution in [2.24, 2.45) is 0 Å². The Kier molecular flexibility index (Phi) is 4.27. The van der Waals surface area contributed by atoms with Crippen LogP contribution in [0, 0.1) is 6.92 Å². The van der Waals surface area contributed by atoms with E-state index in [1.54, 1.807) is 23.7 Å². The summed E-state index contributed by atoms with van der Waals surface area (Å²) >= 11 is 11.7. The molecular weight excluding hydrogens is 288 g/mol. The van der Waals surface area contributed by atoms with Crippen LogP contribution in [-0.4, -0.2) is 10.9 Å². The van der Waals surface area contributed by atoms with Crippen LogP contribution in [0.15, 0.2) is 28.6 Å². The van der Waals surface area contributed by atoms with Gasteiger partial charge in [0, 0.05) is 9.77 Å². The second kappa shape index (κ2) is 5.73. The molecule has 0 radical (unpaired) electrons. The van der Waals surface area contributed by atoms with E-state index < -0.39 is 0 Å². The minimum Gasteiger partial charge on any atom is -0.347 e. The molecule has 0 saturated carbocycles. The van der Waals surface area contributed by atoms with Gasteiger partial charge in [0.25, 0.3) is 5.91 Å². The van der Waals surface area contributed by atoms with Crippen molar-refractivity contribution in [1.82, 2.24) is 10.3 Å². The molecule has 1 N–H and O–H groups in total. The number of hydrogen-bond acceptors (Lipinski definition) is 4. The summed E-state index contributed by atoms with van der Waals surface area (Å²) in [7, 11) is 0. The fourth-order valence-electron chi connectivity index (χ4n) is 1.44. The number of aryl methyl sites for hydroxylation is 1. The van der Waals surface area contributed by atoms with Crippen LogP contribution in [0.25, 0.3) is 0 Å². The molecule has 0 aliphatic rings. The van der Waals surface area contributed by atoms with Gasteiger partial charge in [-0.15, -0.1) is 24.0 Å². The number of amides is 1. The first-order chi connectivity index (χ1) is 8.58. The Hall–Kier alpha value is -1.04. The van der Waals surface area contributed by atoms with Gasteiger partial charge in [-0.2, -0.15) is 0 Å². The topological polar surface area (TPSA) is 42.0 Å². The number of nitrogens with one attached hydrogen (secondary N) is 1. The third-order valence-electron chi connectivity index (χ3n) is 2.45. The van der Waals surface area contributed by atoms with Gasteiger partial charge >= 0.3 is 0 Å². The standard InChI is InChI=1S/C12H11ClN2OS2/c1-7-11(18-6-15-7)5-14-12(16)9-4-8(17)2-3-10(9)13/h2-4,6,17H,5H2,1H3,(H,14,16). The molecule has 94 valence electrons. The number of rotatable bonds is 3. The summed E-state index contributed by atoms with van der Waals surface area (Å²) in [5, 5.41) is 3.25. The second-order valence-corrected chi connectivity index (χ2v) is 5.57. The zero-order valence-corrected chi connectivity index (χ0v) is 12.1. The van der Waals surface area contributed by atoms with Gasteiger partial charge in [-0.05, 0) is 25.1 Å². The van der Waals surface area contributed by atoms with Gasteiger partial charge in [-0.3, -0.25) is 4.79 Å². The average Bonchev–Trinajstić information content (AvgIpc) is 2.75. The molecule has 1 heterocycles. The number of hydrogen-bond donors (Lipinski definition) is 2. The number of thiol groups is 1. The van der Waals surface area contributed by atoms with Crippen LogP contribution >= 0.6 is 35.6 Å². The molecule has 1 aromatic carbocycles. The molecule has 0 spiro atoms. The van der Waals surface area contributed by atoms with Gasteiger partial charge in [-0.1, -0.05) is 11.6 Å². The molecule has 18 heavy (non-hydrogen) atoms. The minimum absolute atomic E-state index is 0.205. The van der Waals surface area contributed by atoms with Crippen LogP contribution in [0.1, 0.15) is 20.9 Å². The van der Waals surface area contributed by atoms with Crippen LogP contribution < -0.4 is 5.32 Å². The fourth-order valence-corrected chi connectivity index (χ4v) is 2.56. The third-order valence-corrected chi connectivity index (χ3v) is 3.99. The Labute approximate surface area is 120 Å². The first-order valence-electron chi connectivity index (χ1n) is 5.23. The van der Waals surface area contributed by atoms with Crippen molar-refractivity contribution < 1.29 is 4.79 Å². The highest BCUT2D eigenvalue weighted by atomic mass is 35.5. The van der Waals surface area contributed by atoms with Crippen molar-refractivity contribution >= 4 is 41.5 Å². The molecule has 0 atom stereocenters. The minimum atomic E-state index is -0.205. The lowest BCUT2D eigenvalue weighted by Gasteiger charge is -2.06. The van der Waals surface area contributed by atoms with E-state index in [0.717, 1.165) is 10.6 Å². The van der Waals surface area contributed by atoms with Crippen LogP contribution in [-0.2, 0) is 6.54 Å². The van der Waals surface area contributed by atoms with Gasteiger partial charge < -0.3 is 5.32 Å². The SMILES string of the molecule is Cc1ncsc1CNC(=O)c1cc(S)ccc1Cl. The van der Waals surface area contributed by atoms with Gasteiger partial charge in [0.1, 0.15) is 0 Å². The molecule has 0 unspecified atom stereocenters. The van der Waals surface area contributed by atoms with Crippen LogP contribution in [0.4, 0.5) is 0 Å². The third kappa shape index (κ3) is 3.04. The van der Waals surface area contributed by atoms with Crippen molar-refractivity contribution in [3.63, 3.8) is 0 Å². The summed E-state index contributed by atoms with van der Waals surface area (Å²) in [5.41, 5.74) is 3.14. The maximum absolute atomic E-state index is 12.0. The van der Waals surface area contributed by atoms with E-state index >= 15 is 0 Å². The van der Waals surface area contributed by atoms with E-state index in [4.69, 9.17) is 11.6 Å². The lowest BCUT2D eigenvalue weighted by atomic mass is 10.2. The monoisotopic (exact) mass is 298 g/mol. The number of thiazole rings is 1. The number of aromatic nitrogens is 1. The molecule has 6 heteroatoms. The summed E-state index contributed by atoms with van der Waals surface area (Å²) in [6.07, 6.45) is 0. The zero-order valence-electron chi connectivity index (χ0n) is 9.61. The van der Waals surface area contributed by atoms with Crippen molar-refractivity contribution in [3.8, 4) is 0 Å². The van der Waals surface area contributed by atoms with Crippen LogP contribution in [0.3, 0.4) is 0 Å². The highest BCUT2D eigenvalue weighted by Gasteiger charge is 2.11. The van der Waals surface area contributed by atoms with Crippen molar-refractivity contribution in [2.75, 3.05) is 0 Å². The Morgan fingerprint density at radius 1 is 1.56 bits per heavy atom. The van der Waals surface area contributed by atoms with Crippen LogP contribution in [0.2, 0.25) is 5.02 Å². The van der Waals surface area contributed by atoms with E-state index in [1.807, 2.05) is 6.92 Å². The fraction of sp³-hybridized carbons (Fsp3) is 0.167. The van der Waals surface area contributed by atoms with E-state index in [2.05, 4.69) is 22.9 Å². The molecule has 0 aliphatic carbocycles. The lowest BCUT2D eigenvalue weighted by Crippen LogP contribution is -2.23. The molecule has 2 aromatic rings. The predicted octanol–water partition coefficient (Wildman–Crippen LogP) is 3.32. The number of carbonyl (C=O) groups excluding carboxylic acids is 1. The van der Waals surface area contributed by atoms with E-state index in [1.165, 1.54) is 11.3 Å². The number of halogens is 1. The zero-order chi connectivity index (χ0) is 13.1. The highest BCUT2D eigenvalue weighted by molar-refractivity contribution is 7.80. The van der Waals surface area contributed by atoms with E-state index in [0.29, 0.717) is 22.0 Å². The molecule has 0 bridgehead atoms. The van der Waals surface area contributed by atoms with Crippen LogP contribution in [0.5, 0.6) is 0 Å². The van der Waals surface area contributed by atoms with Crippen molar-refractivity contribution in [2.45, 2.75) is 18.4 Å². The van der Waals surface area contributed by atoms with E-state index in [-0.39, 0.29) is 5.91 Å². The van der Waals surface area contributed by atoms with E-state index in [9.17, 15) is 4.79 Å². The molecular formula is C12H11ClN2OS2. The summed E-state index contributed by atoms with van der Waals surface area (Å²) < 4.78 is 0. The maximum atomic E-state index is 12.0. The molecule has 1 amide bonds. The lowest BCUT2D eigenvalue weighted by molar-refractivity contribution is 0.0951. The first-order valence-corrected chi connectivity index (χ1v) is 6.94. The van der Waals surface area contributed by atoms with Gasteiger partial charge in [0.2, 0.25) is 0 Å².